The highest BCUT2D eigenvalue weighted by atomic mass is 32.1. The number of nitrogens with two attached hydrogens (primary N) is 1. The van der Waals surface area contributed by atoms with Crippen LogP contribution < -0.4 is 15.8 Å². The lowest BCUT2D eigenvalue weighted by Gasteiger charge is -2.23. The van der Waals surface area contributed by atoms with E-state index in [0.717, 1.165) is 22.6 Å². The van der Waals surface area contributed by atoms with Crippen LogP contribution in [0.15, 0.2) is 54.6 Å². The number of ether oxygens (including phenoxy) is 1. The number of hydrogen-bond donors (Lipinski definition) is 2. The van der Waals surface area contributed by atoms with E-state index in [4.69, 9.17) is 10.5 Å². The van der Waals surface area contributed by atoms with Gasteiger partial charge < -0.3 is 15.8 Å². The van der Waals surface area contributed by atoms with Crippen molar-refractivity contribution in [2.75, 3.05) is 17.7 Å². The number of benzene rings is 2. The Morgan fingerprint density at radius 2 is 1.92 bits per heavy atom. The summed E-state index contributed by atoms with van der Waals surface area (Å²) in [5, 5.41) is 3.27. The van der Waals surface area contributed by atoms with Crippen LogP contribution in [0.3, 0.4) is 0 Å². The Labute approximate surface area is 155 Å². The summed E-state index contributed by atoms with van der Waals surface area (Å²) in [6.45, 7) is 0.581. The van der Waals surface area contributed by atoms with E-state index in [1.165, 1.54) is 16.9 Å². The summed E-state index contributed by atoms with van der Waals surface area (Å²) in [4.78, 5) is 17.3. The third-order valence-corrected chi connectivity index (χ3v) is 5.42. The molecule has 0 bridgehead atoms. The number of nitrogen functional groups attached to an aromatic ring is 1. The molecule has 1 aliphatic rings. The van der Waals surface area contributed by atoms with Crippen LogP contribution in [0, 0.1) is 0 Å². The molecule has 4 rings (SSSR count). The molecule has 1 aromatic heterocycles. The second-order valence-electron chi connectivity index (χ2n) is 6.19. The van der Waals surface area contributed by atoms with Gasteiger partial charge in [0.05, 0.1) is 11.5 Å². The molecule has 1 atom stereocenters. The molecule has 3 N–H and O–H groups in total. The Bertz CT molecular complexity index is 924. The summed E-state index contributed by atoms with van der Waals surface area (Å²) >= 11 is 1.42. The van der Waals surface area contributed by atoms with Crippen LogP contribution in [0.5, 0.6) is 5.75 Å². The Hall–Kier alpha value is -2.86. The van der Waals surface area contributed by atoms with Crippen molar-refractivity contribution in [2.24, 2.45) is 0 Å². The first-order valence-electron chi connectivity index (χ1n) is 8.52. The normalized spacial score (nSPS) is 16.0. The maximum Gasteiger partial charge on any atom is 0.226 e. The summed E-state index contributed by atoms with van der Waals surface area (Å²) in [5.74, 6) is 1.25. The van der Waals surface area contributed by atoms with Crippen molar-refractivity contribution < 1.29 is 9.53 Å². The maximum absolute atomic E-state index is 12.1. The molecule has 0 fully saturated rings. The Kier molecular flexibility index (Phi) is 4.58. The third-order valence-electron chi connectivity index (χ3n) is 4.42. The van der Waals surface area contributed by atoms with E-state index >= 15 is 0 Å². The molecule has 0 unspecified atom stereocenters. The van der Waals surface area contributed by atoms with E-state index in [1.807, 2.05) is 42.5 Å². The number of amides is 1. The fraction of sp³-hybridized carbons (Fsp3) is 0.200. The van der Waals surface area contributed by atoms with E-state index in [9.17, 15) is 4.79 Å². The zero-order chi connectivity index (χ0) is 17.9. The quantitative estimate of drug-likeness (QED) is 0.720. The highest BCUT2D eigenvalue weighted by Crippen LogP contribution is 2.44. The molecule has 2 heterocycles. The van der Waals surface area contributed by atoms with Crippen LogP contribution in [0.1, 0.15) is 28.3 Å². The summed E-state index contributed by atoms with van der Waals surface area (Å²) < 4.78 is 6.07. The van der Waals surface area contributed by atoms with Gasteiger partial charge in [0.1, 0.15) is 11.6 Å². The predicted molar refractivity (Wildman–Crippen MR) is 104 cm³/mol. The Balaban J connectivity index is 1.57. The monoisotopic (exact) mass is 365 g/mol. The molecule has 0 saturated heterocycles. The number of thiazole rings is 1. The molecule has 1 amide bonds. The number of nitrogens with zero attached hydrogens (tertiary/aromatic N) is 1. The number of nitrogens with one attached hydrogen (secondary N) is 1. The predicted octanol–water partition coefficient (Wildman–Crippen LogP) is 3.82. The van der Waals surface area contributed by atoms with E-state index in [2.05, 4.69) is 22.4 Å². The molecule has 6 heteroatoms. The fourth-order valence-corrected chi connectivity index (χ4v) is 4.12. The van der Waals surface area contributed by atoms with E-state index in [0.29, 0.717) is 24.0 Å². The van der Waals surface area contributed by atoms with E-state index < -0.39 is 0 Å². The molecule has 0 saturated carbocycles. The number of fused-ring (bicyclic) bond motifs is 1. The van der Waals surface area contributed by atoms with Gasteiger partial charge in [0.2, 0.25) is 5.91 Å². The number of rotatable bonds is 5. The number of carbonyl (C=O) groups excluding carboxylic acids is 1. The molecule has 5 nitrogen and oxygen atoms in total. The molecule has 26 heavy (non-hydrogen) atoms. The topological polar surface area (TPSA) is 77.2 Å². The van der Waals surface area contributed by atoms with Gasteiger partial charge in [0.25, 0.3) is 0 Å². The summed E-state index contributed by atoms with van der Waals surface area (Å²) in [6.07, 6.45) is 1.20. The van der Waals surface area contributed by atoms with Crippen LogP contribution in [0.25, 0.3) is 0 Å². The van der Waals surface area contributed by atoms with E-state index in [-0.39, 0.29) is 11.8 Å². The van der Waals surface area contributed by atoms with Gasteiger partial charge in [-0.2, -0.15) is 0 Å². The first kappa shape index (κ1) is 16.6. The standard InChI is InChI=1S/C20H19N3O2S/c21-20-23-19-18(26-20)15(12-17(24)22-19)14-8-4-5-9-16(14)25-11-10-13-6-2-1-3-7-13/h1-9,15H,10-12H2,(H2,21,23)(H,22,24)/t15-/m0/s1. The molecule has 1 aliphatic heterocycles. The number of anilines is 2. The zero-order valence-electron chi connectivity index (χ0n) is 14.1. The van der Waals surface area contributed by atoms with Crippen LogP contribution in [0.4, 0.5) is 10.9 Å². The molecular weight excluding hydrogens is 346 g/mol. The molecule has 132 valence electrons. The number of carbonyl (C=O) groups is 1. The SMILES string of the molecule is Nc1nc2c(s1)[C@H](c1ccccc1OCCc1ccccc1)CC(=O)N2. The summed E-state index contributed by atoms with van der Waals surface area (Å²) in [5.41, 5.74) is 8.09. The second-order valence-corrected chi connectivity index (χ2v) is 7.25. The van der Waals surface area contributed by atoms with Crippen molar-refractivity contribution in [1.29, 1.82) is 0 Å². The molecule has 3 aromatic rings. The molecule has 2 aromatic carbocycles. The van der Waals surface area contributed by atoms with Crippen molar-refractivity contribution in [1.82, 2.24) is 4.98 Å². The minimum Gasteiger partial charge on any atom is -0.493 e. The summed E-state index contributed by atoms with van der Waals surface area (Å²) in [6, 6.07) is 18.1. The van der Waals surface area contributed by atoms with Crippen molar-refractivity contribution in [2.45, 2.75) is 18.8 Å². The minimum atomic E-state index is -0.0820. The number of para-hydroxylation sites is 1. The first-order valence-corrected chi connectivity index (χ1v) is 9.34. The van der Waals surface area contributed by atoms with Gasteiger partial charge in [-0.3, -0.25) is 4.79 Å². The molecular formula is C20H19N3O2S. The van der Waals surface area contributed by atoms with Gasteiger partial charge in [-0.25, -0.2) is 4.98 Å². The first-order chi connectivity index (χ1) is 12.7. The average Bonchev–Trinajstić information content (AvgIpc) is 3.02. The van der Waals surface area contributed by atoms with Crippen LogP contribution in [-0.4, -0.2) is 17.5 Å². The smallest absolute Gasteiger partial charge is 0.226 e. The second kappa shape index (κ2) is 7.17. The van der Waals surface area contributed by atoms with Crippen LogP contribution >= 0.6 is 11.3 Å². The Morgan fingerprint density at radius 3 is 2.77 bits per heavy atom. The average molecular weight is 365 g/mol. The van der Waals surface area contributed by atoms with Gasteiger partial charge in [-0.15, -0.1) is 0 Å². The van der Waals surface area contributed by atoms with Crippen molar-refractivity contribution >= 4 is 28.2 Å². The van der Waals surface area contributed by atoms with Crippen molar-refractivity contribution in [3.8, 4) is 5.75 Å². The largest absolute Gasteiger partial charge is 0.493 e. The number of hydrogen-bond acceptors (Lipinski definition) is 5. The fourth-order valence-electron chi connectivity index (χ4n) is 3.21. The number of aromatic nitrogens is 1. The van der Waals surface area contributed by atoms with Gasteiger partial charge in [0.15, 0.2) is 5.13 Å². The van der Waals surface area contributed by atoms with Crippen LogP contribution in [-0.2, 0) is 11.2 Å². The highest BCUT2D eigenvalue weighted by molar-refractivity contribution is 7.16. The lowest BCUT2D eigenvalue weighted by atomic mass is 9.91. The van der Waals surface area contributed by atoms with Gasteiger partial charge in [-0.05, 0) is 11.6 Å². The minimum absolute atomic E-state index is 0.0492. The molecule has 0 radical (unpaired) electrons. The zero-order valence-corrected chi connectivity index (χ0v) is 15.0. The maximum atomic E-state index is 12.1. The third kappa shape index (κ3) is 3.41. The van der Waals surface area contributed by atoms with Crippen molar-refractivity contribution in [3.05, 3.63) is 70.6 Å². The molecule has 0 spiro atoms. The van der Waals surface area contributed by atoms with Crippen LogP contribution in [0.2, 0.25) is 0 Å². The van der Waals surface area contributed by atoms with Gasteiger partial charge >= 0.3 is 0 Å². The Morgan fingerprint density at radius 1 is 1.15 bits per heavy atom. The summed E-state index contributed by atoms with van der Waals surface area (Å²) in [7, 11) is 0. The lowest BCUT2D eigenvalue weighted by Crippen LogP contribution is -2.23. The highest BCUT2D eigenvalue weighted by Gasteiger charge is 2.31. The van der Waals surface area contributed by atoms with E-state index in [1.54, 1.807) is 0 Å². The van der Waals surface area contributed by atoms with Crippen molar-refractivity contribution in [3.63, 3.8) is 0 Å². The van der Waals surface area contributed by atoms with Gasteiger partial charge in [-0.1, -0.05) is 59.9 Å². The van der Waals surface area contributed by atoms with Gasteiger partial charge in [0, 0.05) is 24.3 Å². The lowest BCUT2D eigenvalue weighted by molar-refractivity contribution is -0.116. The molecule has 0 aliphatic carbocycles.